The van der Waals surface area contributed by atoms with Gasteiger partial charge in [-0.05, 0) is 28.7 Å². The van der Waals surface area contributed by atoms with Crippen LogP contribution in [-0.2, 0) is 9.47 Å². The Balaban J connectivity index is 1.52. The quantitative estimate of drug-likeness (QED) is 0.918. The number of fused-ring (bicyclic) bond motifs is 3. The summed E-state index contributed by atoms with van der Waals surface area (Å²) in [5.74, 6) is 0.0321. The first-order chi connectivity index (χ1) is 12.7. The molecule has 0 bridgehead atoms. The SMILES string of the molecule is CN(C(=O)OCC1c2ccccc2-c2ccccc21)C1(CO)CCOC1. The van der Waals surface area contributed by atoms with E-state index in [4.69, 9.17) is 9.47 Å². The molecule has 2 aliphatic rings. The molecule has 1 saturated heterocycles. The van der Waals surface area contributed by atoms with Crippen molar-refractivity contribution in [2.24, 2.45) is 0 Å². The average Bonchev–Trinajstić information content (AvgIpc) is 3.29. The molecule has 2 aromatic carbocycles. The highest BCUT2D eigenvalue weighted by atomic mass is 16.6. The van der Waals surface area contributed by atoms with Crippen LogP contribution in [0.4, 0.5) is 4.79 Å². The highest BCUT2D eigenvalue weighted by Crippen LogP contribution is 2.44. The molecule has 2 aromatic rings. The minimum atomic E-state index is -0.678. The maximum Gasteiger partial charge on any atom is 0.410 e. The van der Waals surface area contributed by atoms with E-state index >= 15 is 0 Å². The topological polar surface area (TPSA) is 59.0 Å². The molecule has 136 valence electrons. The maximum atomic E-state index is 12.6. The molecule has 1 aliphatic heterocycles. The molecule has 1 amide bonds. The number of rotatable bonds is 4. The van der Waals surface area contributed by atoms with Crippen molar-refractivity contribution in [1.82, 2.24) is 4.90 Å². The third kappa shape index (κ3) is 2.68. The second kappa shape index (κ2) is 6.74. The summed E-state index contributed by atoms with van der Waals surface area (Å²) in [6, 6.07) is 16.5. The number of carbonyl (C=O) groups excluding carboxylic acids is 1. The number of hydrogen-bond donors (Lipinski definition) is 1. The lowest BCUT2D eigenvalue weighted by Gasteiger charge is -2.35. The maximum absolute atomic E-state index is 12.6. The number of aliphatic hydroxyl groups is 1. The van der Waals surface area contributed by atoms with Gasteiger partial charge in [0.25, 0.3) is 0 Å². The molecule has 5 heteroatoms. The van der Waals surface area contributed by atoms with Gasteiger partial charge in [0, 0.05) is 19.6 Å². The summed E-state index contributed by atoms with van der Waals surface area (Å²) in [6.07, 6.45) is 0.191. The fourth-order valence-electron chi connectivity index (χ4n) is 3.98. The van der Waals surface area contributed by atoms with Crippen LogP contribution < -0.4 is 0 Å². The molecule has 1 atom stereocenters. The van der Waals surface area contributed by atoms with Gasteiger partial charge in [-0.2, -0.15) is 0 Å². The highest BCUT2D eigenvalue weighted by Gasteiger charge is 2.42. The lowest BCUT2D eigenvalue weighted by atomic mass is 9.98. The Morgan fingerprint density at radius 2 is 1.81 bits per heavy atom. The van der Waals surface area contributed by atoms with Gasteiger partial charge in [0.2, 0.25) is 0 Å². The molecule has 0 aromatic heterocycles. The summed E-state index contributed by atoms with van der Waals surface area (Å²) >= 11 is 0. The Morgan fingerprint density at radius 3 is 2.35 bits per heavy atom. The molecule has 1 unspecified atom stereocenters. The summed E-state index contributed by atoms with van der Waals surface area (Å²) in [4.78, 5) is 14.1. The predicted molar refractivity (Wildman–Crippen MR) is 98.1 cm³/mol. The van der Waals surface area contributed by atoms with Gasteiger partial charge in [-0.15, -0.1) is 0 Å². The van der Waals surface area contributed by atoms with Gasteiger partial charge in [-0.3, -0.25) is 0 Å². The number of aliphatic hydroxyl groups excluding tert-OH is 1. The van der Waals surface area contributed by atoms with Crippen molar-refractivity contribution in [3.8, 4) is 11.1 Å². The van der Waals surface area contributed by atoms with Crippen LogP contribution in [0.2, 0.25) is 0 Å². The molecule has 1 fully saturated rings. The fourth-order valence-corrected chi connectivity index (χ4v) is 3.98. The van der Waals surface area contributed by atoms with Crippen LogP contribution >= 0.6 is 0 Å². The van der Waals surface area contributed by atoms with E-state index in [0.29, 0.717) is 19.6 Å². The van der Waals surface area contributed by atoms with Crippen molar-refractivity contribution in [3.63, 3.8) is 0 Å². The standard InChI is InChI=1S/C21H23NO4/c1-22(21(13-23)10-11-25-14-21)20(24)26-12-19-17-8-4-2-6-15(17)16-7-3-5-9-18(16)19/h2-9,19,23H,10-14H2,1H3. The van der Waals surface area contributed by atoms with Crippen LogP contribution in [0.15, 0.2) is 48.5 Å². The van der Waals surface area contributed by atoms with Crippen LogP contribution in [0.1, 0.15) is 23.5 Å². The van der Waals surface area contributed by atoms with Crippen molar-refractivity contribution < 1.29 is 19.4 Å². The van der Waals surface area contributed by atoms with Gasteiger partial charge in [0.15, 0.2) is 0 Å². The summed E-state index contributed by atoms with van der Waals surface area (Å²) in [6.45, 7) is 1.03. The van der Waals surface area contributed by atoms with Crippen molar-refractivity contribution in [2.45, 2.75) is 17.9 Å². The normalized spacial score (nSPS) is 21.3. The number of likely N-dealkylation sites (N-methyl/N-ethyl adjacent to an activating group) is 1. The van der Waals surface area contributed by atoms with Gasteiger partial charge in [0.1, 0.15) is 6.61 Å². The molecular weight excluding hydrogens is 330 g/mol. The predicted octanol–water partition coefficient (Wildman–Crippen LogP) is 3.02. The monoisotopic (exact) mass is 353 g/mol. The van der Waals surface area contributed by atoms with E-state index in [2.05, 4.69) is 24.3 Å². The Morgan fingerprint density at radius 1 is 1.19 bits per heavy atom. The number of amides is 1. The van der Waals surface area contributed by atoms with Crippen molar-refractivity contribution in [2.75, 3.05) is 33.5 Å². The summed E-state index contributed by atoms with van der Waals surface area (Å²) < 4.78 is 11.0. The molecule has 4 rings (SSSR count). The third-order valence-corrected chi connectivity index (χ3v) is 5.70. The summed E-state index contributed by atoms with van der Waals surface area (Å²) in [5, 5.41) is 9.75. The van der Waals surface area contributed by atoms with Crippen LogP contribution in [-0.4, -0.2) is 55.1 Å². The Kier molecular flexibility index (Phi) is 4.42. The Hall–Kier alpha value is -2.37. The van der Waals surface area contributed by atoms with E-state index in [1.54, 1.807) is 7.05 Å². The zero-order valence-electron chi connectivity index (χ0n) is 14.9. The molecule has 0 saturated carbocycles. The van der Waals surface area contributed by atoms with Crippen LogP contribution in [0.3, 0.4) is 0 Å². The first-order valence-corrected chi connectivity index (χ1v) is 8.94. The lowest BCUT2D eigenvalue weighted by Crippen LogP contribution is -2.53. The van der Waals surface area contributed by atoms with Crippen LogP contribution in [0, 0.1) is 0 Å². The van der Waals surface area contributed by atoms with Crippen LogP contribution in [0.25, 0.3) is 11.1 Å². The van der Waals surface area contributed by atoms with Gasteiger partial charge < -0.3 is 19.5 Å². The zero-order valence-corrected chi connectivity index (χ0v) is 14.9. The van der Waals surface area contributed by atoms with E-state index in [1.807, 2.05) is 24.3 Å². The van der Waals surface area contributed by atoms with E-state index in [-0.39, 0.29) is 19.1 Å². The summed E-state index contributed by atoms with van der Waals surface area (Å²) in [5.41, 5.74) is 4.10. The van der Waals surface area contributed by atoms with Crippen molar-refractivity contribution in [1.29, 1.82) is 0 Å². The molecule has 0 spiro atoms. The number of ether oxygens (including phenoxy) is 2. The smallest absolute Gasteiger partial charge is 0.410 e. The molecule has 1 aliphatic carbocycles. The molecule has 26 heavy (non-hydrogen) atoms. The van der Waals surface area contributed by atoms with E-state index < -0.39 is 11.6 Å². The van der Waals surface area contributed by atoms with E-state index in [1.165, 1.54) is 27.2 Å². The number of benzene rings is 2. The second-order valence-electron chi connectivity index (χ2n) is 7.05. The second-order valence-corrected chi connectivity index (χ2v) is 7.05. The lowest BCUT2D eigenvalue weighted by molar-refractivity contribution is 0.0231. The number of carbonyl (C=O) groups is 1. The fraction of sp³-hybridized carbons (Fsp3) is 0.381. The van der Waals surface area contributed by atoms with Gasteiger partial charge >= 0.3 is 6.09 Å². The summed E-state index contributed by atoms with van der Waals surface area (Å²) in [7, 11) is 1.67. The van der Waals surface area contributed by atoms with E-state index in [0.717, 1.165) is 0 Å². The van der Waals surface area contributed by atoms with Crippen molar-refractivity contribution >= 4 is 6.09 Å². The molecule has 1 heterocycles. The zero-order chi connectivity index (χ0) is 18.1. The van der Waals surface area contributed by atoms with E-state index in [9.17, 15) is 9.90 Å². The highest BCUT2D eigenvalue weighted by molar-refractivity contribution is 5.79. The molecule has 0 radical (unpaired) electrons. The largest absolute Gasteiger partial charge is 0.448 e. The first-order valence-electron chi connectivity index (χ1n) is 8.94. The minimum absolute atomic E-state index is 0.0321. The molecular formula is C21H23NO4. The average molecular weight is 353 g/mol. The van der Waals surface area contributed by atoms with Gasteiger partial charge in [-0.25, -0.2) is 4.79 Å². The Bertz CT molecular complexity index is 768. The van der Waals surface area contributed by atoms with Gasteiger partial charge in [-0.1, -0.05) is 48.5 Å². The third-order valence-electron chi connectivity index (χ3n) is 5.70. The molecule has 5 nitrogen and oxygen atoms in total. The number of nitrogens with zero attached hydrogens (tertiary/aromatic N) is 1. The Labute approximate surface area is 153 Å². The first kappa shape index (κ1) is 17.1. The minimum Gasteiger partial charge on any atom is -0.448 e. The number of hydrogen-bond acceptors (Lipinski definition) is 4. The van der Waals surface area contributed by atoms with Crippen LogP contribution in [0.5, 0.6) is 0 Å². The van der Waals surface area contributed by atoms with Gasteiger partial charge in [0.05, 0.1) is 18.8 Å². The molecule has 1 N–H and O–H groups in total. The van der Waals surface area contributed by atoms with Crippen molar-refractivity contribution in [3.05, 3.63) is 59.7 Å².